The van der Waals surface area contributed by atoms with E-state index >= 15 is 0 Å². The average Bonchev–Trinajstić information content (AvgIpc) is 2.69. The van der Waals surface area contributed by atoms with Crippen molar-refractivity contribution in [1.29, 1.82) is 0 Å². The summed E-state index contributed by atoms with van der Waals surface area (Å²) in [7, 11) is 0. The first-order valence-corrected chi connectivity index (χ1v) is 6.08. The maximum Gasteiger partial charge on any atom is 0.0352 e. The Morgan fingerprint density at radius 3 is 2.56 bits per heavy atom. The summed E-state index contributed by atoms with van der Waals surface area (Å²) in [5.74, 6) is 0. The van der Waals surface area contributed by atoms with Crippen LogP contribution in [-0.2, 0) is 0 Å². The Morgan fingerprint density at radius 1 is 0.667 bits per heavy atom. The summed E-state index contributed by atoms with van der Waals surface area (Å²) in [6, 6.07) is 19.3. The fourth-order valence-corrected chi connectivity index (χ4v) is 2.67. The standard InChI is InChI=1S/C17H11N/c1-2-6-14-13(4-1)10-16-15(14)7-3-5-12-8-9-18-11-17(12)16/h1-11H. The summed E-state index contributed by atoms with van der Waals surface area (Å²) in [6.07, 6.45) is 3.80. The highest BCUT2D eigenvalue weighted by Gasteiger charge is 2.10. The van der Waals surface area contributed by atoms with Crippen LogP contribution in [0.1, 0.15) is 0 Å². The van der Waals surface area contributed by atoms with E-state index in [1.54, 1.807) is 0 Å². The molecule has 0 N–H and O–H groups in total. The fraction of sp³-hybridized carbons (Fsp3) is 0. The van der Waals surface area contributed by atoms with Crippen LogP contribution in [0, 0.1) is 0 Å². The number of hydrogen-bond acceptors (Lipinski definition) is 1. The molecule has 4 rings (SSSR count). The molecule has 1 aromatic heterocycles. The Kier molecular flexibility index (Phi) is 1.89. The van der Waals surface area contributed by atoms with E-state index in [9.17, 15) is 0 Å². The summed E-state index contributed by atoms with van der Waals surface area (Å²) in [5.41, 5.74) is 2.58. The van der Waals surface area contributed by atoms with Crippen molar-refractivity contribution in [3.05, 3.63) is 67.0 Å². The highest BCUT2D eigenvalue weighted by atomic mass is 14.6. The number of rotatable bonds is 0. The van der Waals surface area contributed by atoms with Gasteiger partial charge in [0.1, 0.15) is 0 Å². The molecule has 84 valence electrons. The Morgan fingerprint density at radius 2 is 1.56 bits per heavy atom. The molecule has 18 heavy (non-hydrogen) atoms. The largest absolute Gasteiger partial charge is 0.264 e. The lowest BCUT2D eigenvalue weighted by atomic mass is 10.1. The van der Waals surface area contributed by atoms with E-state index in [0.29, 0.717) is 0 Å². The van der Waals surface area contributed by atoms with Gasteiger partial charge in [-0.05, 0) is 39.4 Å². The van der Waals surface area contributed by atoms with Crippen molar-refractivity contribution in [1.82, 2.24) is 4.98 Å². The van der Waals surface area contributed by atoms with Gasteiger partial charge in [-0.2, -0.15) is 0 Å². The first-order valence-electron chi connectivity index (χ1n) is 6.08. The van der Waals surface area contributed by atoms with Gasteiger partial charge < -0.3 is 0 Å². The second-order valence-electron chi connectivity index (χ2n) is 4.55. The minimum atomic E-state index is 1.22. The van der Waals surface area contributed by atoms with Gasteiger partial charge in [0.2, 0.25) is 0 Å². The Balaban J connectivity index is 2.28. The predicted molar refractivity (Wildman–Crippen MR) is 75.9 cm³/mol. The number of pyridine rings is 1. The van der Waals surface area contributed by atoms with E-state index < -0.39 is 0 Å². The molecule has 0 spiro atoms. The van der Waals surface area contributed by atoms with Crippen molar-refractivity contribution >= 4 is 21.5 Å². The molecule has 0 amide bonds. The summed E-state index contributed by atoms with van der Waals surface area (Å²) >= 11 is 0. The molecule has 2 aromatic rings. The van der Waals surface area contributed by atoms with Crippen LogP contribution in [0.15, 0.2) is 67.0 Å². The molecule has 0 bridgehead atoms. The number of nitrogens with zero attached hydrogens (tertiary/aromatic N) is 1. The Labute approximate surface area is 105 Å². The van der Waals surface area contributed by atoms with E-state index in [1.165, 1.54) is 32.7 Å². The van der Waals surface area contributed by atoms with Gasteiger partial charge in [0.25, 0.3) is 0 Å². The topological polar surface area (TPSA) is 12.9 Å². The van der Waals surface area contributed by atoms with Crippen LogP contribution in [0.3, 0.4) is 0 Å². The molecule has 0 radical (unpaired) electrons. The molecule has 0 saturated heterocycles. The van der Waals surface area contributed by atoms with Gasteiger partial charge in [-0.25, -0.2) is 0 Å². The third-order valence-corrected chi connectivity index (χ3v) is 3.52. The van der Waals surface area contributed by atoms with Crippen LogP contribution in [0.5, 0.6) is 0 Å². The van der Waals surface area contributed by atoms with Gasteiger partial charge in [-0.15, -0.1) is 0 Å². The van der Waals surface area contributed by atoms with Crippen LogP contribution in [0.4, 0.5) is 0 Å². The zero-order valence-corrected chi connectivity index (χ0v) is 9.80. The van der Waals surface area contributed by atoms with Crippen molar-refractivity contribution in [3.63, 3.8) is 0 Å². The predicted octanol–water partition coefficient (Wildman–Crippen LogP) is 4.49. The normalized spacial score (nSPS) is 11.3. The highest BCUT2D eigenvalue weighted by molar-refractivity contribution is 6.10. The zero-order valence-electron chi connectivity index (χ0n) is 9.80. The lowest BCUT2D eigenvalue weighted by Gasteiger charge is -1.97. The monoisotopic (exact) mass is 229 g/mol. The Hall–Kier alpha value is -2.41. The van der Waals surface area contributed by atoms with E-state index in [-0.39, 0.29) is 0 Å². The number of hydrogen-bond donors (Lipinski definition) is 0. The summed E-state index contributed by atoms with van der Waals surface area (Å²) in [4.78, 5) is 4.26. The number of fused-ring (bicyclic) bond motifs is 5. The van der Waals surface area contributed by atoms with Gasteiger partial charge in [-0.3, -0.25) is 4.98 Å². The zero-order chi connectivity index (χ0) is 11.9. The molecule has 0 unspecified atom stereocenters. The second-order valence-corrected chi connectivity index (χ2v) is 4.55. The molecule has 0 fully saturated rings. The molecule has 1 aromatic carbocycles. The molecule has 1 nitrogen and oxygen atoms in total. The second kappa shape index (κ2) is 3.54. The highest BCUT2D eigenvalue weighted by Crippen LogP contribution is 2.37. The fourth-order valence-electron chi connectivity index (χ4n) is 2.67. The maximum absolute atomic E-state index is 4.26. The smallest absolute Gasteiger partial charge is 0.0352 e. The molecule has 1 heteroatoms. The lowest BCUT2D eigenvalue weighted by Crippen LogP contribution is -1.74. The van der Waals surface area contributed by atoms with Crippen molar-refractivity contribution in [2.45, 2.75) is 0 Å². The third kappa shape index (κ3) is 1.25. The SMILES string of the molecule is c1ccc2c3cccc4ccncc4c-3cc2c1. The maximum atomic E-state index is 4.26. The van der Waals surface area contributed by atoms with E-state index in [1.807, 2.05) is 12.4 Å². The first-order chi connectivity index (χ1) is 8.93. The first kappa shape index (κ1) is 9.60. The van der Waals surface area contributed by atoms with Crippen LogP contribution in [0.25, 0.3) is 32.7 Å². The molecule has 2 aliphatic rings. The van der Waals surface area contributed by atoms with Crippen molar-refractivity contribution in [2.75, 3.05) is 0 Å². The van der Waals surface area contributed by atoms with E-state index in [2.05, 4.69) is 59.6 Å². The Bertz CT molecular complexity index is 833. The van der Waals surface area contributed by atoms with Crippen LogP contribution in [0.2, 0.25) is 0 Å². The summed E-state index contributed by atoms with van der Waals surface area (Å²) in [6.45, 7) is 0. The van der Waals surface area contributed by atoms with Gasteiger partial charge in [0.15, 0.2) is 0 Å². The molecule has 0 saturated carbocycles. The molecular formula is C17H11N. The van der Waals surface area contributed by atoms with Crippen molar-refractivity contribution in [2.24, 2.45) is 0 Å². The molecular weight excluding hydrogens is 218 g/mol. The van der Waals surface area contributed by atoms with Gasteiger partial charge >= 0.3 is 0 Å². The lowest BCUT2D eigenvalue weighted by molar-refractivity contribution is 1.37. The average molecular weight is 229 g/mol. The number of aromatic nitrogens is 1. The van der Waals surface area contributed by atoms with E-state index in [4.69, 9.17) is 0 Å². The summed E-state index contributed by atoms with van der Waals surface area (Å²) < 4.78 is 0. The van der Waals surface area contributed by atoms with Gasteiger partial charge in [0, 0.05) is 17.8 Å². The van der Waals surface area contributed by atoms with Crippen LogP contribution < -0.4 is 0 Å². The van der Waals surface area contributed by atoms with Crippen molar-refractivity contribution in [3.8, 4) is 11.1 Å². The minimum Gasteiger partial charge on any atom is -0.264 e. The summed E-state index contributed by atoms with van der Waals surface area (Å²) in [5, 5.41) is 5.06. The number of benzene rings is 1. The third-order valence-electron chi connectivity index (χ3n) is 3.52. The quantitative estimate of drug-likeness (QED) is 0.433. The molecule has 2 aliphatic carbocycles. The van der Waals surface area contributed by atoms with Crippen molar-refractivity contribution < 1.29 is 0 Å². The molecule has 0 aliphatic heterocycles. The van der Waals surface area contributed by atoms with Gasteiger partial charge in [-0.1, -0.05) is 42.5 Å². The van der Waals surface area contributed by atoms with Crippen LogP contribution >= 0.6 is 0 Å². The molecule has 1 heterocycles. The minimum absolute atomic E-state index is 1.22. The van der Waals surface area contributed by atoms with E-state index in [0.717, 1.165) is 0 Å². The van der Waals surface area contributed by atoms with Crippen LogP contribution in [-0.4, -0.2) is 4.98 Å². The van der Waals surface area contributed by atoms with Gasteiger partial charge in [0.05, 0.1) is 0 Å². The molecule has 0 atom stereocenters.